The van der Waals surface area contributed by atoms with Crippen LogP contribution in [0.15, 0.2) is 12.3 Å². The fourth-order valence-corrected chi connectivity index (χ4v) is 1.27. The fourth-order valence-electron chi connectivity index (χ4n) is 1.27. The van der Waals surface area contributed by atoms with Gasteiger partial charge in [-0.1, -0.05) is 0 Å². The average Bonchev–Trinajstić information content (AvgIpc) is 2.76. The summed E-state index contributed by atoms with van der Waals surface area (Å²) in [5.41, 5.74) is 0.311. The zero-order valence-corrected chi connectivity index (χ0v) is 10.5. The van der Waals surface area contributed by atoms with Gasteiger partial charge in [0.1, 0.15) is 11.7 Å². The first-order valence-corrected chi connectivity index (χ1v) is 5.40. The molecule has 0 saturated carbocycles. The van der Waals surface area contributed by atoms with Gasteiger partial charge in [-0.25, -0.2) is 4.79 Å². The summed E-state index contributed by atoms with van der Waals surface area (Å²) in [6.07, 6.45) is 1.60. The van der Waals surface area contributed by atoms with Crippen LogP contribution < -0.4 is 0 Å². The quantitative estimate of drug-likeness (QED) is 0.726. The predicted octanol–water partition coefficient (Wildman–Crippen LogP) is 0.709. The average molecular weight is 239 g/mol. The second-order valence-corrected chi connectivity index (χ2v) is 3.81. The summed E-state index contributed by atoms with van der Waals surface area (Å²) < 4.78 is 6.31. The third-order valence-electron chi connectivity index (χ3n) is 2.26. The highest BCUT2D eigenvalue weighted by Gasteiger charge is 2.19. The maximum atomic E-state index is 11.6. The maximum absolute atomic E-state index is 11.6. The first-order chi connectivity index (χ1) is 7.97. The van der Waals surface area contributed by atoms with E-state index in [1.54, 1.807) is 40.2 Å². The van der Waals surface area contributed by atoms with Crippen molar-refractivity contribution in [3.05, 3.63) is 18.0 Å². The Morgan fingerprint density at radius 1 is 1.53 bits per heavy atom. The first-order valence-electron chi connectivity index (χ1n) is 5.40. The molecule has 0 fully saturated rings. The molecule has 6 nitrogen and oxygen atoms in total. The van der Waals surface area contributed by atoms with Crippen molar-refractivity contribution in [2.45, 2.75) is 19.9 Å². The normalized spacial score (nSPS) is 12.0. The van der Waals surface area contributed by atoms with Crippen LogP contribution in [0.2, 0.25) is 0 Å². The number of hydrogen-bond acceptors (Lipinski definition) is 4. The number of rotatable bonds is 4. The van der Waals surface area contributed by atoms with Gasteiger partial charge in [0.05, 0.1) is 6.61 Å². The van der Waals surface area contributed by atoms with E-state index in [-0.39, 0.29) is 11.9 Å². The Morgan fingerprint density at radius 2 is 2.18 bits per heavy atom. The van der Waals surface area contributed by atoms with Crippen LogP contribution >= 0.6 is 0 Å². The molecule has 17 heavy (non-hydrogen) atoms. The van der Waals surface area contributed by atoms with Gasteiger partial charge >= 0.3 is 5.97 Å². The molecule has 0 aliphatic carbocycles. The van der Waals surface area contributed by atoms with Crippen LogP contribution in [-0.4, -0.2) is 47.3 Å². The molecule has 1 amide bonds. The van der Waals surface area contributed by atoms with E-state index < -0.39 is 6.04 Å². The van der Waals surface area contributed by atoms with Gasteiger partial charge in [0.2, 0.25) is 0 Å². The smallest absolute Gasteiger partial charge is 0.330 e. The second-order valence-electron chi connectivity index (χ2n) is 3.81. The zero-order chi connectivity index (χ0) is 13.0. The molecule has 1 aromatic rings. The Bertz CT molecular complexity index is 412. The minimum atomic E-state index is -0.529. The molecule has 94 valence electrons. The maximum Gasteiger partial charge on any atom is 0.330 e. The van der Waals surface area contributed by atoms with Crippen molar-refractivity contribution in [1.82, 2.24) is 14.7 Å². The molecule has 0 spiro atoms. The van der Waals surface area contributed by atoms with E-state index in [1.165, 1.54) is 9.58 Å². The minimum absolute atomic E-state index is 0.195. The molecule has 1 atom stereocenters. The molecule has 0 aromatic carbocycles. The van der Waals surface area contributed by atoms with Gasteiger partial charge in [0.25, 0.3) is 5.91 Å². The lowest BCUT2D eigenvalue weighted by Crippen LogP contribution is -2.24. The summed E-state index contributed by atoms with van der Waals surface area (Å²) in [6, 6.07) is 1.05. The Balaban J connectivity index is 2.81. The summed E-state index contributed by atoms with van der Waals surface area (Å²) in [7, 11) is 3.30. The summed E-state index contributed by atoms with van der Waals surface area (Å²) in [5.74, 6) is -0.556. The van der Waals surface area contributed by atoms with Gasteiger partial charge in [-0.2, -0.15) is 5.10 Å². The fraction of sp³-hybridized carbons (Fsp3) is 0.545. The summed E-state index contributed by atoms with van der Waals surface area (Å²) >= 11 is 0. The first kappa shape index (κ1) is 13.2. The van der Waals surface area contributed by atoms with Crippen LogP contribution in [0.3, 0.4) is 0 Å². The molecule has 1 heterocycles. The van der Waals surface area contributed by atoms with Crippen molar-refractivity contribution < 1.29 is 14.3 Å². The topological polar surface area (TPSA) is 64.4 Å². The van der Waals surface area contributed by atoms with Crippen LogP contribution in [0.5, 0.6) is 0 Å². The number of carbonyl (C=O) groups is 2. The number of amides is 1. The highest BCUT2D eigenvalue weighted by molar-refractivity contribution is 5.91. The molecule has 1 aromatic heterocycles. The van der Waals surface area contributed by atoms with Crippen LogP contribution in [-0.2, 0) is 9.53 Å². The van der Waals surface area contributed by atoms with Gasteiger partial charge in [-0.3, -0.25) is 9.48 Å². The molecule has 0 bridgehead atoms. The summed E-state index contributed by atoms with van der Waals surface area (Å²) in [6.45, 7) is 3.75. The van der Waals surface area contributed by atoms with Crippen molar-refractivity contribution in [2.24, 2.45) is 0 Å². The van der Waals surface area contributed by atoms with Crippen molar-refractivity contribution in [3.63, 3.8) is 0 Å². The van der Waals surface area contributed by atoms with E-state index in [1.807, 2.05) is 0 Å². The van der Waals surface area contributed by atoms with Gasteiger partial charge in [0.15, 0.2) is 0 Å². The van der Waals surface area contributed by atoms with Gasteiger partial charge in [-0.15, -0.1) is 0 Å². The molecule has 0 N–H and O–H groups in total. The van der Waals surface area contributed by atoms with E-state index in [0.717, 1.165) is 0 Å². The Kier molecular flexibility index (Phi) is 4.25. The van der Waals surface area contributed by atoms with Crippen molar-refractivity contribution in [3.8, 4) is 0 Å². The Morgan fingerprint density at radius 3 is 2.71 bits per heavy atom. The largest absolute Gasteiger partial charge is 0.464 e. The highest BCUT2D eigenvalue weighted by Crippen LogP contribution is 2.08. The number of esters is 1. The molecule has 1 rings (SSSR count). The van der Waals surface area contributed by atoms with E-state index in [9.17, 15) is 9.59 Å². The standard InChI is InChI=1S/C11H17N3O3/c1-5-17-11(16)8(2)14-7-6-9(12-14)10(15)13(3)4/h6-8H,5H2,1-4H3. The molecule has 0 aliphatic heterocycles. The number of nitrogens with zero attached hydrogens (tertiary/aromatic N) is 3. The molecule has 0 saturated heterocycles. The summed E-state index contributed by atoms with van der Waals surface area (Å²) in [4.78, 5) is 24.5. The van der Waals surface area contributed by atoms with Crippen molar-refractivity contribution >= 4 is 11.9 Å². The van der Waals surface area contributed by atoms with Crippen LogP contribution in [0.25, 0.3) is 0 Å². The zero-order valence-electron chi connectivity index (χ0n) is 10.5. The summed E-state index contributed by atoms with van der Waals surface area (Å²) in [5, 5.41) is 4.06. The lowest BCUT2D eigenvalue weighted by atomic mass is 10.3. The molecule has 6 heteroatoms. The van der Waals surface area contributed by atoms with Crippen LogP contribution in [0.4, 0.5) is 0 Å². The third-order valence-corrected chi connectivity index (χ3v) is 2.26. The van der Waals surface area contributed by atoms with Crippen LogP contribution in [0.1, 0.15) is 30.4 Å². The number of ether oxygens (including phenoxy) is 1. The van der Waals surface area contributed by atoms with Crippen molar-refractivity contribution in [1.29, 1.82) is 0 Å². The van der Waals surface area contributed by atoms with Crippen LogP contribution in [0, 0.1) is 0 Å². The molecule has 0 aliphatic rings. The van der Waals surface area contributed by atoms with E-state index in [0.29, 0.717) is 12.3 Å². The molecule has 1 unspecified atom stereocenters. The van der Waals surface area contributed by atoms with Crippen molar-refractivity contribution in [2.75, 3.05) is 20.7 Å². The third kappa shape index (κ3) is 3.05. The number of aromatic nitrogens is 2. The van der Waals surface area contributed by atoms with Gasteiger partial charge in [0, 0.05) is 20.3 Å². The lowest BCUT2D eigenvalue weighted by molar-refractivity contribution is -0.146. The van der Waals surface area contributed by atoms with Gasteiger partial charge < -0.3 is 9.64 Å². The van der Waals surface area contributed by atoms with Gasteiger partial charge in [-0.05, 0) is 19.9 Å². The number of hydrogen-bond donors (Lipinski definition) is 0. The van der Waals surface area contributed by atoms with E-state index >= 15 is 0 Å². The Labute approximate surface area is 100 Å². The molecule has 0 radical (unpaired) electrons. The second kappa shape index (κ2) is 5.47. The monoisotopic (exact) mass is 239 g/mol. The lowest BCUT2D eigenvalue weighted by Gasteiger charge is -2.11. The molecular formula is C11H17N3O3. The molecular weight excluding hydrogens is 222 g/mol. The van der Waals surface area contributed by atoms with E-state index in [4.69, 9.17) is 4.74 Å². The minimum Gasteiger partial charge on any atom is -0.464 e. The van der Waals surface area contributed by atoms with E-state index in [2.05, 4.69) is 5.10 Å². The Hall–Kier alpha value is -1.85. The predicted molar refractivity (Wildman–Crippen MR) is 61.6 cm³/mol. The highest BCUT2D eigenvalue weighted by atomic mass is 16.5. The number of carbonyl (C=O) groups excluding carboxylic acids is 2. The SMILES string of the molecule is CCOC(=O)C(C)n1ccc(C(=O)N(C)C)n1.